The van der Waals surface area contributed by atoms with Crippen molar-refractivity contribution in [2.24, 2.45) is 0 Å². The van der Waals surface area contributed by atoms with Gasteiger partial charge in [0.15, 0.2) is 11.5 Å². The van der Waals surface area contributed by atoms with E-state index in [4.69, 9.17) is 9.47 Å². The Kier molecular flexibility index (Phi) is 9.57. The molecule has 2 aliphatic rings. The van der Waals surface area contributed by atoms with Crippen molar-refractivity contribution in [1.29, 1.82) is 0 Å². The number of benzene rings is 3. The van der Waals surface area contributed by atoms with Gasteiger partial charge in [0, 0.05) is 38.8 Å². The van der Waals surface area contributed by atoms with Crippen LogP contribution in [0.15, 0.2) is 66.7 Å². The number of amides is 2. The van der Waals surface area contributed by atoms with Crippen LogP contribution in [0.25, 0.3) is 0 Å². The van der Waals surface area contributed by atoms with Crippen LogP contribution in [-0.4, -0.2) is 83.2 Å². The van der Waals surface area contributed by atoms with E-state index < -0.39 is 16.1 Å². The summed E-state index contributed by atoms with van der Waals surface area (Å²) in [7, 11) is -0.307. The molecule has 10 nitrogen and oxygen atoms in total. The van der Waals surface area contributed by atoms with E-state index in [1.165, 1.54) is 17.6 Å². The van der Waals surface area contributed by atoms with Crippen LogP contribution in [-0.2, 0) is 10.0 Å². The summed E-state index contributed by atoms with van der Waals surface area (Å²) in [5.41, 5.74) is 3.53. The normalized spacial score (nSPS) is 17.0. The number of ether oxygens (including phenoxy) is 2. The van der Waals surface area contributed by atoms with E-state index in [1.54, 1.807) is 25.3 Å². The summed E-state index contributed by atoms with van der Waals surface area (Å²) in [6, 6.07) is 20.9. The van der Waals surface area contributed by atoms with Gasteiger partial charge in [0.1, 0.15) is 0 Å². The maximum absolute atomic E-state index is 14.2. The minimum atomic E-state index is -3.38. The van der Waals surface area contributed by atoms with Gasteiger partial charge in [0.05, 0.1) is 43.3 Å². The second-order valence-corrected chi connectivity index (χ2v) is 13.1. The fraction of sp³-hybridized carbons (Fsp3) is 0.394. The molecule has 0 unspecified atom stereocenters. The Bertz CT molecular complexity index is 1610. The van der Waals surface area contributed by atoms with Crippen molar-refractivity contribution in [1.82, 2.24) is 14.5 Å². The molecule has 234 valence electrons. The predicted molar refractivity (Wildman–Crippen MR) is 170 cm³/mol. The number of hydrogen-bond donors (Lipinski definition) is 1. The zero-order valence-corrected chi connectivity index (χ0v) is 26.5. The smallest absolute Gasteiger partial charge is 0.264 e. The topological polar surface area (TPSA) is 108 Å². The average Bonchev–Trinajstić information content (AvgIpc) is 3.29. The van der Waals surface area contributed by atoms with Crippen LogP contribution in [0.2, 0.25) is 0 Å². The Labute approximate surface area is 259 Å². The molecule has 0 aromatic heterocycles. The van der Waals surface area contributed by atoms with Gasteiger partial charge in [-0.1, -0.05) is 42.5 Å². The van der Waals surface area contributed by atoms with Crippen LogP contribution in [0.3, 0.4) is 0 Å². The molecule has 5 rings (SSSR count). The lowest BCUT2D eigenvalue weighted by molar-refractivity contribution is 0.0572. The molecule has 0 saturated carbocycles. The molecule has 11 heteroatoms. The number of anilines is 1. The van der Waals surface area contributed by atoms with Crippen LogP contribution >= 0.6 is 0 Å². The fourth-order valence-electron chi connectivity index (χ4n) is 6.18. The number of fused-ring (bicyclic) bond motifs is 1. The summed E-state index contributed by atoms with van der Waals surface area (Å²) in [5, 5.41) is 0. The first-order valence-electron chi connectivity index (χ1n) is 14.8. The third kappa shape index (κ3) is 6.59. The molecule has 2 heterocycles. The van der Waals surface area contributed by atoms with Crippen LogP contribution < -0.4 is 19.1 Å². The second-order valence-electron chi connectivity index (χ2n) is 11.2. The highest BCUT2D eigenvalue weighted by Crippen LogP contribution is 2.40. The van der Waals surface area contributed by atoms with Crippen molar-refractivity contribution in [3.8, 4) is 11.5 Å². The lowest BCUT2D eigenvalue weighted by atomic mass is 9.99. The predicted octanol–water partition coefficient (Wildman–Crippen LogP) is 4.25. The highest BCUT2D eigenvalue weighted by molar-refractivity contribution is 7.88. The van der Waals surface area contributed by atoms with Gasteiger partial charge >= 0.3 is 0 Å². The van der Waals surface area contributed by atoms with Crippen molar-refractivity contribution in [3.63, 3.8) is 0 Å². The van der Waals surface area contributed by atoms with Crippen LogP contribution in [0.5, 0.6) is 11.5 Å². The molecule has 0 spiro atoms. The summed E-state index contributed by atoms with van der Waals surface area (Å²) in [6.07, 6.45) is 1.87. The fourth-order valence-corrected chi connectivity index (χ4v) is 6.70. The van der Waals surface area contributed by atoms with Crippen LogP contribution in [0, 0.1) is 0 Å². The molecular weight excluding hydrogens is 580 g/mol. The van der Waals surface area contributed by atoms with Crippen molar-refractivity contribution in [2.75, 3.05) is 58.1 Å². The molecule has 0 aliphatic carbocycles. The number of rotatable bonds is 12. The molecule has 1 fully saturated rings. The minimum Gasteiger partial charge on any atom is -0.493 e. The van der Waals surface area contributed by atoms with E-state index >= 15 is 0 Å². The third-order valence-electron chi connectivity index (χ3n) is 8.53. The van der Waals surface area contributed by atoms with Gasteiger partial charge in [0.2, 0.25) is 10.0 Å². The second kappa shape index (κ2) is 13.4. The number of carbonyl (C=O) groups excluding carboxylic acids is 2. The van der Waals surface area contributed by atoms with E-state index in [-0.39, 0.29) is 24.4 Å². The number of sulfonamides is 1. The highest BCUT2D eigenvalue weighted by Gasteiger charge is 2.43. The largest absolute Gasteiger partial charge is 0.493 e. The highest BCUT2D eigenvalue weighted by atomic mass is 32.2. The number of nitrogens with zero attached hydrogens (tertiary/aromatic N) is 3. The van der Waals surface area contributed by atoms with Gasteiger partial charge in [-0.25, -0.2) is 13.1 Å². The Balaban J connectivity index is 1.40. The summed E-state index contributed by atoms with van der Waals surface area (Å²) in [6.45, 7) is 5.50. The SMILES string of the molecule is COc1ccc([C@@H](CCCNS(C)(=O)=O)N2C(=O)c3cccc(N4CCN([C@H](C)c5ccccc5)CC4)c3C2=O)cc1OC. The Morgan fingerprint density at radius 3 is 2.20 bits per heavy atom. The van der Waals surface area contributed by atoms with Gasteiger partial charge in [0.25, 0.3) is 11.8 Å². The average molecular weight is 621 g/mol. The monoisotopic (exact) mass is 620 g/mol. The Hall–Kier alpha value is -3.93. The van der Waals surface area contributed by atoms with Gasteiger partial charge in [-0.3, -0.25) is 19.4 Å². The van der Waals surface area contributed by atoms with Gasteiger partial charge in [-0.05, 0) is 55.2 Å². The zero-order chi connectivity index (χ0) is 31.4. The first kappa shape index (κ1) is 31.5. The van der Waals surface area contributed by atoms with Crippen molar-refractivity contribution in [2.45, 2.75) is 31.8 Å². The molecule has 1 N–H and O–H groups in total. The molecule has 3 aromatic rings. The molecule has 1 saturated heterocycles. The van der Waals surface area contributed by atoms with Crippen molar-refractivity contribution in [3.05, 3.63) is 89.0 Å². The summed E-state index contributed by atoms with van der Waals surface area (Å²) in [5.74, 6) is 0.291. The maximum atomic E-state index is 14.2. The quantitative estimate of drug-likeness (QED) is 0.237. The Morgan fingerprint density at radius 2 is 1.55 bits per heavy atom. The summed E-state index contributed by atoms with van der Waals surface area (Å²) in [4.78, 5) is 34.1. The summed E-state index contributed by atoms with van der Waals surface area (Å²) >= 11 is 0. The van der Waals surface area contributed by atoms with E-state index in [2.05, 4.69) is 45.7 Å². The maximum Gasteiger partial charge on any atom is 0.264 e. The number of methoxy groups -OCH3 is 2. The molecule has 2 atom stereocenters. The number of nitrogens with one attached hydrogen (secondary N) is 1. The van der Waals surface area contributed by atoms with E-state index in [1.807, 2.05) is 24.3 Å². The van der Waals surface area contributed by atoms with E-state index in [9.17, 15) is 18.0 Å². The molecule has 44 heavy (non-hydrogen) atoms. The van der Waals surface area contributed by atoms with E-state index in [0.717, 1.165) is 38.1 Å². The molecule has 2 aliphatic heterocycles. The van der Waals surface area contributed by atoms with E-state index in [0.29, 0.717) is 41.0 Å². The minimum absolute atomic E-state index is 0.183. The number of piperazine rings is 1. The van der Waals surface area contributed by atoms with Gasteiger partial charge in [-0.2, -0.15) is 0 Å². The van der Waals surface area contributed by atoms with Crippen LogP contribution in [0.1, 0.15) is 63.7 Å². The zero-order valence-electron chi connectivity index (χ0n) is 25.7. The third-order valence-corrected chi connectivity index (χ3v) is 9.26. The van der Waals surface area contributed by atoms with Gasteiger partial charge < -0.3 is 14.4 Å². The molecule has 3 aromatic carbocycles. The first-order valence-corrected chi connectivity index (χ1v) is 16.7. The number of hydrogen-bond acceptors (Lipinski definition) is 8. The van der Waals surface area contributed by atoms with Gasteiger partial charge in [-0.15, -0.1) is 0 Å². The van der Waals surface area contributed by atoms with Crippen molar-refractivity contribution < 1.29 is 27.5 Å². The standard InChI is InChI=1S/C33H40N4O6S/c1-23(24-10-6-5-7-11-24)35-18-20-36(21-19-35)28-13-8-12-26-31(28)33(39)37(32(26)38)27(14-9-17-34-44(4,40)41)25-15-16-29(42-2)30(22-25)43-3/h5-8,10-13,15-16,22-23,27,34H,9,14,17-21H2,1-4H3/t23-,27-/m1/s1. The lowest BCUT2D eigenvalue weighted by Gasteiger charge is -2.39. The molecule has 0 radical (unpaired) electrons. The van der Waals surface area contributed by atoms with Crippen molar-refractivity contribution >= 4 is 27.5 Å². The summed E-state index contributed by atoms with van der Waals surface area (Å²) < 4.78 is 36.7. The number of imide groups is 1. The Morgan fingerprint density at radius 1 is 0.841 bits per heavy atom. The first-order chi connectivity index (χ1) is 21.1. The van der Waals surface area contributed by atoms with Crippen LogP contribution in [0.4, 0.5) is 5.69 Å². The lowest BCUT2D eigenvalue weighted by Crippen LogP contribution is -2.47. The molecule has 2 amide bonds. The number of carbonyl (C=O) groups is 2. The molecular formula is C33H40N4O6S. The molecule has 0 bridgehead atoms.